The van der Waals surface area contributed by atoms with Gasteiger partial charge in [-0.15, -0.1) is 0 Å². The number of hydrogen-bond donors (Lipinski definition) is 1. The van der Waals surface area contributed by atoms with Crippen LogP contribution in [0, 0.1) is 11.3 Å². The van der Waals surface area contributed by atoms with E-state index in [1.54, 1.807) is 0 Å². The van der Waals surface area contributed by atoms with E-state index in [-0.39, 0.29) is 31.4 Å². The first-order chi connectivity index (χ1) is 8.96. The van der Waals surface area contributed by atoms with Crippen molar-refractivity contribution >= 4 is 17.8 Å². The molecule has 0 aromatic rings. The summed E-state index contributed by atoms with van der Waals surface area (Å²) in [7, 11) is 0. The molecule has 0 aromatic heterocycles. The predicted octanol–water partition coefficient (Wildman–Crippen LogP) is 0.651. The zero-order valence-corrected chi connectivity index (χ0v) is 11.2. The summed E-state index contributed by atoms with van der Waals surface area (Å²) >= 11 is 0. The van der Waals surface area contributed by atoms with Crippen LogP contribution in [0.1, 0.15) is 33.1 Å². The Morgan fingerprint density at radius 3 is 2.47 bits per heavy atom. The molecule has 2 unspecified atom stereocenters. The number of carboxylic acids is 1. The maximum absolute atomic E-state index is 12.5. The molecular weight excluding hydrogens is 250 g/mol. The van der Waals surface area contributed by atoms with Crippen molar-refractivity contribution < 1.29 is 24.2 Å². The third-order valence-corrected chi connectivity index (χ3v) is 4.48. The highest BCUT2D eigenvalue weighted by Gasteiger charge is 2.54. The van der Waals surface area contributed by atoms with Crippen molar-refractivity contribution in [3.63, 3.8) is 0 Å². The molecule has 6 heteroatoms. The molecule has 19 heavy (non-hydrogen) atoms. The summed E-state index contributed by atoms with van der Waals surface area (Å²) in [6.45, 7) is 3.95. The highest BCUT2D eigenvalue weighted by Crippen LogP contribution is 2.41. The monoisotopic (exact) mass is 269 g/mol. The molecule has 2 aliphatic rings. The lowest BCUT2D eigenvalue weighted by Gasteiger charge is -2.28. The van der Waals surface area contributed by atoms with Gasteiger partial charge in [0.2, 0.25) is 11.8 Å². The van der Waals surface area contributed by atoms with Crippen LogP contribution in [0.2, 0.25) is 0 Å². The van der Waals surface area contributed by atoms with Crippen LogP contribution in [0.4, 0.5) is 0 Å². The number of carbonyl (C=O) groups excluding carboxylic acids is 2. The Labute approximate surface area is 111 Å². The lowest BCUT2D eigenvalue weighted by molar-refractivity contribution is -0.149. The number of likely N-dealkylation sites (tertiary alicyclic amines) is 1. The van der Waals surface area contributed by atoms with Crippen molar-refractivity contribution in [3.05, 3.63) is 0 Å². The minimum Gasteiger partial charge on any atom is -0.481 e. The number of imide groups is 1. The van der Waals surface area contributed by atoms with Gasteiger partial charge >= 0.3 is 5.97 Å². The Bertz CT molecular complexity index is 415. The fourth-order valence-electron chi connectivity index (χ4n) is 2.99. The Morgan fingerprint density at radius 1 is 1.37 bits per heavy atom. The molecule has 106 valence electrons. The van der Waals surface area contributed by atoms with E-state index < -0.39 is 23.3 Å². The smallest absolute Gasteiger partial charge is 0.311 e. The second-order valence-corrected chi connectivity index (χ2v) is 5.28. The molecule has 0 aliphatic carbocycles. The average Bonchev–Trinajstić information content (AvgIpc) is 2.93. The average molecular weight is 269 g/mol. The van der Waals surface area contributed by atoms with Crippen LogP contribution in [0.5, 0.6) is 0 Å². The third kappa shape index (κ3) is 2.04. The van der Waals surface area contributed by atoms with Crippen LogP contribution in [0.15, 0.2) is 0 Å². The molecule has 2 rings (SSSR count). The van der Waals surface area contributed by atoms with E-state index >= 15 is 0 Å². The highest BCUT2D eigenvalue weighted by molar-refractivity contribution is 6.06. The van der Waals surface area contributed by atoms with Gasteiger partial charge in [0.15, 0.2) is 0 Å². The van der Waals surface area contributed by atoms with Gasteiger partial charge in [-0.3, -0.25) is 19.3 Å². The van der Waals surface area contributed by atoms with Gasteiger partial charge in [-0.25, -0.2) is 0 Å². The summed E-state index contributed by atoms with van der Waals surface area (Å²) in [4.78, 5) is 36.9. The molecule has 1 N–H and O–H groups in total. The summed E-state index contributed by atoms with van der Waals surface area (Å²) in [6, 6.07) is -0.655. The molecule has 0 aromatic carbocycles. The van der Waals surface area contributed by atoms with Gasteiger partial charge in [-0.1, -0.05) is 13.8 Å². The molecule has 2 aliphatic heterocycles. The van der Waals surface area contributed by atoms with E-state index in [1.807, 2.05) is 13.8 Å². The number of aliphatic carboxylic acids is 1. The van der Waals surface area contributed by atoms with Crippen molar-refractivity contribution in [1.82, 2.24) is 4.90 Å². The molecule has 0 saturated carbocycles. The Morgan fingerprint density at radius 2 is 2.00 bits per heavy atom. The quantitative estimate of drug-likeness (QED) is 0.758. The van der Waals surface area contributed by atoms with E-state index in [0.29, 0.717) is 12.8 Å². The number of amides is 2. The second kappa shape index (κ2) is 4.92. The van der Waals surface area contributed by atoms with Crippen molar-refractivity contribution in [1.29, 1.82) is 0 Å². The second-order valence-electron chi connectivity index (χ2n) is 5.28. The Kier molecular flexibility index (Phi) is 3.62. The van der Waals surface area contributed by atoms with Gasteiger partial charge in [0.05, 0.1) is 24.7 Å². The van der Waals surface area contributed by atoms with Crippen molar-refractivity contribution in [2.24, 2.45) is 11.3 Å². The molecule has 0 radical (unpaired) electrons. The molecule has 2 heterocycles. The minimum atomic E-state index is -1.02. The molecule has 2 fully saturated rings. The predicted molar refractivity (Wildman–Crippen MR) is 65.2 cm³/mol. The highest BCUT2D eigenvalue weighted by atomic mass is 16.5. The standard InChI is InChI=1S/C13H19NO5/c1-3-13(4-2)5-10(15)14(12(13)18)9-7-19-6-8(9)11(16)17/h8-9H,3-7H2,1-2H3,(H,16,17). The molecule has 0 spiro atoms. The minimum absolute atomic E-state index is 0.0578. The van der Waals surface area contributed by atoms with Crippen LogP contribution in [0.3, 0.4) is 0 Å². The summed E-state index contributed by atoms with van der Waals surface area (Å²) < 4.78 is 5.15. The SMILES string of the molecule is CCC1(CC)CC(=O)N(C2COCC2C(=O)O)C1=O. The maximum Gasteiger partial charge on any atom is 0.311 e. The van der Waals surface area contributed by atoms with Crippen LogP contribution in [-0.2, 0) is 19.1 Å². The summed E-state index contributed by atoms with van der Waals surface area (Å²) in [6.07, 6.45) is 1.37. The van der Waals surface area contributed by atoms with Gasteiger partial charge in [-0.2, -0.15) is 0 Å². The fraction of sp³-hybridized carbons (Fsp3) is 0.769. The molecule has 2 atom stereocenters. The summed E-state index contributed by atoms with van der Waals surface area (Å²) in [5, 5.41) is 9.13. The largest absolute Gasteiger partial charge is 0.481 e. The summed E-state index contributed by atoms with van der Waals surface area (Å²) in [5.74, 6) is -2.33. The Balaban J connectivity index is 2.28. The number of carbonyl (C=O) groups is 3. The first-order valence-electron chi connectivity index (χ1n) is 6.64. The molecule has 6 nitrogen and oxygen atoms in total. The fourth-order valence-corrected chi connectivity index (χ4v) is 2.99. The molecular formula is C13H19NO5. The normalized spacial score (nSPS) is 30.1. The molecule has 2 saturated heterocycles. The van der Waals surface area contributed by atoms with Crippen molar-refractivity contribution in [2.45, 2.75) is 39.2 Å². The van der Waals surface area contributed by atoms with E-state index in [2.05, 4.69) is 0 Å². The summed E-state index contributed by atoms with van der Waals surface area (Å²) in [5.41, 5.74) is -0.650. The zero-order valence-electron chi connectivity index (χ0n) is 11.2. The number of ether oxygens (including phenoxy) is 1. The lowest BCUT2D eigenvalue weighted by Crippen LogP contribution is -2.48. The molecule has 0 bridgehead atoms. The first-order valence-corrected chi connectivity index (χ1v) is 6.64. The molecule has 2 amide bonds. The van der Waals surface area contributed by atoms with Gasteiger partial charge in [0, 0.05) is 6.42 Å². The van der Waals surface area contributed by atoms with Crippen LogP contribution < -0.4 is 0 Å². The third-order valence-electron chi connectivity index (χ3n) is 4.48. The number of hydrogen-bond acceptors (Lipinski definition) is 4. The van der Waals surface area contributed by atoms with Crippen molar-refractivity contribution in [3.8, 4) is 0 Å². The number of rotatable bonds is 4. The zero-order chi connectivity index (χ0) is 14.2. The van der Waals surface area contributed by atoms with Crippen LogP contribution >= 0.6 is 0 Å². The van der Waals surface area contributed by atoms with Crippen LogP contribution in [-0.4, -0.2) is 47.0 Å². The maximum atomic E-state index is 12.5. The lowest BCUT2D eigenvalue weighted by atomic mass is 9.81. The van der Waals surface area contributed by atoms with Gasteiger partial charge < -0.3 is 9.84 Å². The van der Waals surface area contributed by atoms with Crippen molar-refractivity contribution in [2.75, 3.05) is 13.2 Å². The topological polar surface area (TPSA) is 83.9 Å². The first kappa shape index (κ1) is 14.0. The van der Waals surface area contributed by atoms with Gasteiger partial charge in [0.25, 0.3) is 0 Å². The van der Waals surface area contributed by atoms with E-state index in [4.69, 9.17) is 9.84 Å². The van der Waals surface area contributed by atoms with E-state index in [9.17, 15) is 14.4 Å². The van der Waals surface area contributed by atoms with Crippen LogP contribution in [0.25, 0.3) is 0 Å². The number of nitrogens with zero attached hydrogens (tertiary/aromatic N) is 1. The van der Waals surface area contributed by atoms with Gasteiger partial charge in [-0.05, 0) is 12.8 Å². The number of carboxylic acid groups (broad SMARTS) is 1. The van der Waals surface area contributed by atoms with E-state index in [0.717, 1.165) is 4.90 Å². The Hall–Kier alpha value is -1.43. The van der Waals surface area contributed by atoms with Gasteiger partial charge in [0.1, 0.15) is 5.92 Å². The van der Waals surface area contributed by atoms with E-state index in [1.165, 1.54) is 0 Å².